The van der Waals surface area contributed by atoms with Gasteiger partial charge in [-0.25, -0.2) is 0 Å². The van der Waals surface area contributed by atoms with Gasteiger partial charge in [0.05, 0.1) is 12.3 Å². The molecule has 0 bridgehead atoms. The summed E-state index contributed by atoms with van der Waals surface area (Å²) in [5.74, 6) is 1.04. The Labute approximate surface area is 104 Å². The van der Waals surface area contributed by atoms with Crippen LogP contribution in [0, 0.1) is 0 Å². The second-order valence-electron chi connectivity index (χ2n) is 5.31. The van der Waals surface area contributed by atoms with E-state index in [0.29, 0.717) is 18.1 Å². The van der Waals surface area contributed by atoms with Crippen molar-refractivity contribution in [2.75, 3.05) is 13.1 Å². The number of rotatable bonds is 4. The minimum absolute atomic E-state index is 0.320. The summed E-state index contributed by atoms with van der Waals surface area (Å²) in [6.45, 7) is 9.15. The largest absolute Gasteiger partial charge is 0.468 e. The Bertz CT molecular complexity index is 313. The third kappa shape index (κ3) is 3.33. The fourth-order valence-electron chi connectivity index (χ4n) is 2.56. The fourth-order valence-corrected chi connectivity index (χ4v) is 2.56. The Balaban J connectivity index is 1.78. The highest BCUT2D eigenvalue weighted by Gasteiger charge is 2.22. The molecule has 1 aliphatic heterocycles. The minimum Gasteiger partial charge on any atom is -0.468 e. The molecule has 1 N–H and O–H groups in total. The van der Waals surface area contributed by atoms with Crippen molar-refractivity contribution in [2.24, 2.45) is 0 Å². The first-order valence-corrected chi connectivity index (χ1v) is 6.70. The minimum atomic E-state index is 0.320. The van der Waals surface area contributed by atoms with E-state index in [9.17, 15) is 0 Å². The van der Waals surface area contributed by atoms with Gasteiger partial charge in [0.15, 0.2) is 0 Å². The summed E-state index contributed by atoms with van der Waals surface area (Å²) < 4.78 is 5.42. The molecule has 17 heavy (non-hydrogen) atoms. The number of likely N-dealkylation sites (tertiary alicyclic amines) is 1. The van der Waals surface area contributed by atoms with E-state index in [-0.39, 0.29) is 0 Å². The van der Waals surface area contributed by atoms with E-state index in [1.165, 1.54) is 25.9 Å². The molecule has 1 unspecified atom stereocenters. The molecule has 0 saturated carbocycles. The van der Waals surface area contributed by atoms with E-state index in [1.807, 2.05) is 12.1 Å². The molecule has 1 aliphatic rings. The number of hydrogen-bond donors (Lipinski definition) is 1. The van der Waals surface area contributed by atoms with Crippen molar-refractivity contribution in [1.82, 2.24) is 10.2 Å². The molecular weight excluding hydrogens is 212 g/mol. The van der Waals surface area contributed by atoms with E-state index in [0.717, 1.165) is 5.76 Å². The molecule has 2 heterocycles. The number of nitrogens with one attached hydrogen (secondary N) is 1. The predicted octanol–water partition coefficient (Wildman–Crippen LogP) is 2.80. The lowest BCUT2D eigenvalue weighted by Crippen LogP contribution is -2.45. The van der Waals surface area contributed by atoms with Crippen LogP contribution in [0.3, 0.4) is 0 Å². The van der Waals surface area contributed by atoms with Gasteiger partial charge in [0.2, 0.25) is 0 Å². The van der Waals surface area contributed by atoms with Gasteiger partial charge in [0.25, 0.3) is 0 Å². The van der Waals surface area contributed by atoms with Crippen LogP contribution in [0.4, 0.5) is 0 Å². The van der Waals surface area contributed by atoms with Crippen molar-refractivity contribution in [3.8, 4) is 0 Å². The predicted molar refractivity (Wildman–Crippen MR) is 70.0 cm³/mol. The van der Waals surface area contributed by atoms with E-state index >= 15 is 0 Å². The van der Waals surface area contributed by atoms with Crippen LogP contribution >= 0.6 is 0 Å². The average molecular weight is 236 g/mol. The number of nitrogens with zero attached hydrogens (tertiary/aromatic N) is 1. The van der Waals surface area contributed by atoms with Crippen LogP contribution in [0.1, 0.15) is 45.4 Å². The SMILES string of the molecule is CC(NC1CCN(C(C)C)CC1)c1ccco1. The Kier molecular flexibility index (Phi) is 4.24. The second-order valence-corrected chi connectivity index (χ2v) is 5.31. The lowest BCUT2D eigenvalue weighted by atomic mass is 10.0. The molecule has 1 atom stereocenters. The normalized spacial score (nSPS) is 20.9. The van der Waals surface area contributed by atoms with E-state index in [4.69, 9.17) is 4.42 Å². The fraction of sp³-hybridized carbons (Fsp3) is 0.714. The standard InChI is InChI=1S/C14H24N2O/c1-11(2)16-8-6-13(7-9-16)15-12(3)14-5-4-10-17-14/h4-5,10-13,15H,6-9H2,1-3H3. The molecular formula is C14H24N2O. The van der Waals surface area contributed by atoms with Gasteiger partial charge >= 0.3 is 0 Å². The molecule has 0 radical (unpaired) electrons. The lowest BCUT2D eigenvalue weighted by molar-refractivity contribution is 0.155. The average Bonchev–Trinajstić information content (AvgIpc) is 2.83. The monoisotopic (exact) mass is 236 g/mol. The van der Waals surface area contributed by atoms with Crippen molar-refractivity contribution in [3.05, 3.63) is 24.2 Å². The maximum absolute atomic E-state index is 5.42. The van der Waals surface area contributed by atoms with Gasteiger partial charge in [-0.05, 0) is 58.8 Å². The molecule has 3 heteroatoms. The zero-order valence-electron chi connectivity index (χ0n) is 11.1. The molecule has 96 valence electrons. The van der Waals surface area contributed by atoms with Gasteiger partial charge in [-0.1, -0.05) is 0 Å². The molecule has 0 amide bonds. The molecule has 1 aromatic heterocycles. The van der Waals surface area contributed by atoms with E-state index < -0.39 is 0 Å². The highest BCUT2D eigenvalue weighted by Crippen LogP contribution is 2.18. The van der Waals surface area contributed by atoms with Gasteiger partial charge in [-0.2, -0.15) is 0 Å². The van der Waals surface area contributed by atoms with Crippen LogP contribution in [0.2, 0.25) is 0 Å². The first kappa shape index (κ1) is 12.7. The molecule has 0 aromatic carbocycles. The van der Waals surface area contributed by atoms with Crippen LogP contribution in [-0.2, 0) is 0 Å². The van der Waals surface area contributed by atoms with Gasteiger partial charge < -0.3 is 14.6 Å². The summed E-state index contributed by atoms with van der Waals surface area (Å²) in [4.78, 5) is 2.55. The molecule has 1 aromatic rings. The molecule has 1 saturated heterocycles. The highest BCUT2D eigenvalue weighted by molar-refractivity contribution is 5.03. The van der Waals surface area contributed by atoms with Gasteiger partial charge in [0, 0.05) is 12.1 Å². The number of piperidine rings is 1. The topological polar surface area (TPSA) is 28.4 Å². The quantitative estimate of drug-likeness (QED) is 0.871. The summed E-state index contributed by atoms with van der Waals surface area (Å²) in [7, 11) is 0. The smallest absolute Gasteiger partial charge is 0.120 e. The molecule has 0 aliphatic carbocycles. The highest BCUT2D eigenvalue weighted by atomic mass is 16.3. The van der Waals surface area contributed by atoms with Gasteiger partial charge in [0.1, 0.15) is 5.76 Å². The van der Waals surface area contributed by atoms with Crippen molar-refractivity contribution >= 4 is 0 Å². The molecule has 2 rings (SSSR count). The van der Waals surface area contributed by atoms with Crippen LogP contribution in [0.15, 0.2) is 22.8 Å². The second kappa shape index (κ2) is 5.69. The Morgan fingerprint density at radius 3 is 2.53 bits per heavy atom. The van der Waals surface area contributed by atoms with Crippen LogP contribution in [0.5, 0.6) is 0 Å². The Hall–Kier alpha value is -0.800. The summed E-state index contributed by atoms with van der Waals surface area (Å²) in [6, 6.07) is 5.62. The zero-order chi connectivity index (χ0) is 12.3. The van der Waals surface area contributed by atoms with Crippen LogP contribution in [-0.4, -0.2) is 30.1 Å². The zero-order valence-corrected chi connectivity index (χ0v) is 11.1. The molecule has 0 spiro atoms. The van der Waals surface area contributed by atoms with Crippen molar-refractivity contribution in [1.29, 1.82) is 0 Å². The maximum atomic E-state index is 5.42. The number of hydrogen-bond acceptors (Lipinski definition) is 3. The Morgan fingerprint density at radius 2 is 2.00 bits per heavy atom. The lowest BCUT2D eigenvalue weighted by Gasteiger charge is -2.35. The first-order valence-electron chi connectivity index (χ1n) is 6.70. The molecule has 3 nitrogen and oxygen atoms in total. The van der Waals surface area contributed by atoms with E-state index in [1.54, 1.807) is 6.26 Å². The summed E-state index contributed by atoms with van der Waals surface area (Å²) in [6.07, 6.45) is 4.22. The summed E-state index contributed by atoms with van der Waals surface area (Å²) in [5.41, 5.74) is 0. The van der Waals surface area contributed by atoms with Gasteiger partial charge in [-0.15, -0.1) is 0 Å². The molecule has 1 fully saturated rings. The maximum Gasteiger partial charge on any atom is 0.120 e. The van der Waals surface area contributed by atoms with Crippen molar-refractivity contribution < 1.29 is 4.42 Å². The Morgan fingerprint density at radius 1 is 1.29 bits per heavy atom. The number of furan rings is 1. The first-order chi connectivity index (χ1) is 8.16. The third-order valence-corrected chi connectivity index (χ3v) is 3.72. The van der Waals surface area contributed by atoms with Gasteiger partial charge in [-0.3, -0.25) is 0 Å². The van der Waals surface area contributed by atoms with Crippen molar-refractivity contribution in [2.45, 2.75) is 51.7 Å². The van der Waals surface area contributed by atoms with E-state index in [2.05, 4.69) is 31.0 Å². The third-order valence-electron chi connectivity index (χ3n) is 3.72. The van der Waals surface area contributed by atoms with Crippen LogP contribution < -0.4 is 5.32 Å². The summed E-state index contributed by atoms with van der Waals surface area (Å²) >= 11 is 0. The summed E-state index contributed by atoms with van der Waals surface area (Å²) in [5, 5.41) is 3.66. The van der Waals surface area contributed by atoms with Crippen molar-refractivity contribution in [3.63, 3.8) is 0 Å². The van der Waals surface area contributed by atoms with Crippen LogP contribution in [0.25, 0.3) is 0 Å².